The molecule has 8 heteroatoms. The number of aromatic nitrogens is 2. The number of nitrogens with zero attached hydrogens (tertiary/aromatic N) is 2. The van der Waals surface area contributed by atoms with Gasteiger partial charge >= 0.3 is 0 Å². The predicted molar refractivity (Wildman–Crippen MR) is 74.2 cm³/mol. The van der Waals surface area contributed by atoms with Crippen molar-refractivity contribution in [2.24, 2.45) is 5.84 Å². The average Bonchev–Trinajstić information content (AvgIpc) is 2.29. The van der Waals surface area contributed by atoms with Gasteiger partial charge in [-0.25, -0.2) is 10.8 Å². The molecule has 0 aromatic carbocycles. The van der Waals surface area contributed by atoms with Gasteiger partial charge in [0.05, 0.1) is 4.47 Å². The zero-order valence-electron chi connectivity index (χ0n) is 9.74. The molecule has 1 heterocycles. The third-order valence-corrected chi connectivity index (χ3v) is 3.49. The van der Waals surface area contributed by atoms with Crippen LogP contribution in [0, 0.1) is 0 Å². The number of hydrogen-bond acceptors (Lipinski definition) is 6. The molecule has 0 bridgehead atoms. The van der Waals surface area contributed by atoms with E-state index in [0.717, 1.165) is 10.9 Å². The lowest BCUT2D eigenvalue weighted by atomic mass is 10.2. The molecule has 0 saturated carbocycles. The van der Waals surface area contributed by atoms with E-state index in [4.69, 9.17) is 5.84 Å². The maximum Gasteiger partial charge on any atom is 0.239 e. The summed E-state index contributed by atoms with van der Waals surface area (Å²) in [5.74, 6) is 6.92. The van der Waals surface area contributed by atoms with Gasteiger partial charge in [-0.1, -0.05) is 0 Å². The molecule has 0 aliphatic rings. The molecule has 1 aromatic rings. The molecule has 4 N–H and O–H groups in total. The van der Waals surface area contributed by atoms with Gasteiger partial charge in [-0.15, -0.1) is 0 Å². The Morgan fingerprint density at radius 3 is 2.94 bits per heavy atom. The molecule has 1 aromatic heterocycles. The van der Waals surface area contributed by atoms with Crippen molar-refractivity contribution < 1.29 is 4.21 Å². The molecular formula is C9H16BrN5OS. The summed E-state index contributed by atoms with van der Waals surface area (Å²) in [7, 11) is -0.772. The van der Waals surface area contributed by atoms with Crippen LogP contribution in [0.1, 0.15) is 13.3 Å². The number of hydrogen-bond donors (Lipinski definition) is 3. The van der Waals surface area contributed by atoms with E-state index in [0.29, 0.717) is 17.5 Å². The highest BCUT2D eigenvalue weighted by Crippen LogP contribution is 2.20. The Labute approximate surface area is 111 Å². The van der Waals surface area contributed by atoms with E-state index in [1.165, 1.54) is 0 Å². The highest BCUT2D eigenvalue weighted by Gasteiger charge is 2.08. The molecule has 0 amide bonds. The van der Waals surface area contributed by atoms with Gasteiger partial charge in [0, 0.05) is 35.0 Å². The first-order valence-corrected chi connectivity index (χ1v) is 7.60. The number of anilines is 2. The van der Waals surface area contributed by atoms with Crippen LogP contribution in [0.15, 0.2) is 10.7 Å². The van der Waals surface area contributed by atoms with Crippen molar-refractivity contribution in [3.05, 3.63) is 10.7 Å². The van der Waals surface area contributed by atoms with E-state index < -0.39 is 10.8 Å². The number of halogens is 1. The smallest absolute Gasteiger partial charge is 0.239 e. The Kier molecular flexibility index (Phi) is 5.79. The van der Waals surface area contributed by atoms with Crippen LogP contribution < -0.4 is 16.6 Å². The topological polar surface area (TPSA) is 92.9 Å². The lowest BCUT2D eigenvalue weighted by molar-refractivity contribution is 0.678. The van der Waals surface area contributed by atoms with Crippen molar-refractivity contribution in [3.63, 3.8) is 0 Å². The molecule has 0 radical (unpaired) electrons. The summed E-state index contributed by atoms with van der Waals surface area (Å²) < 4.78 is 11.8. The monoisotopic (exact) mass is 321 g/mol. The Balaban J connectivity index is 2.63. The summed E-state index contributed by atoms with van der Waals surface area (Å²) in [6.45, 7) is 2.01. The quantitative estimate of drug-likeness (QED) is 0.536. The summed E-state index contributed by atoms with van der Waals surface area (Å²) in [6, 6.07) is 0.177. The van der Waals surface area contributed by atoms with Crippen LogP contribution in [-0.4, -0.2) is 32.2 Å². The largest absolute Gasteiger partial charge is 0.366 e. The second-order valence-electron chi connectivity index (χ2n) is 3.65. The molecule has 2 atom stereocenters. The lowest BCUT2D eigenvalue weighted by Crippen LogP contribution is -2.20. The van der Waals surface area contributed by atoms with Crippen LogP contribution in [0.5, 0.6) is 0 Å². The fraction of sp³-hybridized carbons (Fsp3) is 0.556. The summed E-state index contributed by atoms with van der Waals surface area (Å²) in [6.07, 6.45) is 4.13. The minimum atomic E-state index is -0.772. The fourth-order valence-electron chi connectivity index (χ4n) is 1.19. The van der Waals surface area contributed by atoms with Crippen molar-refractivity contribution in [2.75, 3.05) is 22.8 Å². The van der Waals surface area contributed by atoms with Gasteiger partial charge in [-0.3, -0.25) is 9.63 Å². The molecule has 17 heavy (non-hydrogen) atoms. The third-order valence-electron chi connectivity index (χ3n) is 2.09. The SMILES string of the molecule is CC(CCS(C)=O)Nc1nc(NN)ncc1Br. The first kappa shape index (κ1) is 14.3. The van der Waals surface area contributed by atoms with Crippen molar-refractivity contribution >= 4 is 38.5 Å². The minimum Gasteiger partial charge on any atom is -0.366 e. The third kappa shape index (κ3) is 4.97. The number of nitrogens with two attached hydrogens (primary N) is 1. The number of rotatable bonds is 6. The second kappa shape index (κ2) is 6.87. The van der Waals surface area contributed by atoms with Crippen LogP contribution >= 0.6 is 15.9 Å². The first-order valence-electron chi connectivity index (χ1n) is 5.08. The normalized spacial score (nSPS) is 14.1. The van der Waals surface area contributed by atoms with Crippen molar-refractivity contribution in [1.29, 1.82) is 0 Å². The summed E-state index contributed by atoms with van der Waals surface area (Å²) in [5.41, 5.74) is 2.39. The molecule has 0 aliphatic heterocycles. The summed E-state index contributed by atoms with van der Waals surface area (Å²) in [4.78, 5) is 8.13. The molecule has 0 saturated heterocycles. The van der Waals surface area contributed by atoms with E-state index >= 15 is 0 Å². The van der Waals surface area contributed by atoms with E-state index in [1.807, 2.05) is 6.92 Å². The fourth-order valence-corrected chi connectivity index (χ4v) is 2.18. The summed E-state index contributed by atoms with van der Waals surface area (Å²) >= 11 is 3.35. The van der Waals surface area contributed by atoms with Crippen LogP contribution in [0.25, 0.3) is 0 Å². The average molecular weight is 322 g/mol. The zero-order valence-corrected chi connectivity index (χ0v) is 12.1. The Morgan fingerprint density at radius 1 is 1.65 bits per heavy atom. The number of nitrogens with one attached hydrogen (secondary N) is 2. The van der Waals surface area contributed by atoms with E-state index in [1.54, 1.807) is 12.5 Å². The van der Waals surface area contributed by atoms with E-state index in [2.05, 4.69) is 36.6 Å². The van der Waals surface area contributed by atoms with Gasteiger partial charge in [0.15, 0.2) is 0 Å². The minimum absolute atomic E-state index is 0.177. The van der Waals surface area contributed by atoms with Crippen LogP contribution in [0.3, 0.4) is 0 Å². The number of nitrogen functional groups attached to an aromatic ring is 1. The van der Waals surface area contributed by atoms with Crippen LogP contribution in [0.4, 0.5) is 11.8 Å². The first-order chi connectivity index (χ1) is 8.02. The van der Waals surface area contributed by atoms with Gasteiger partial charge in [-0.2, -0.15) is 4.98 Å². The predicted octanol–water partition coefficient (Wildman–Crippen LogP) is 1.09. The van der Waals surface area contributed by atoms with Gasteiger partial charge in [-0.05, 0) is 29.3 Å². The van der Waals surface area contributed by atoms with Crippen molar-refractivity contribution in [3.8, 4) is 0 Å². The van der Waals surface area contributed by atoms with Crippen LogP contribution in [-0.2, 0) is 10.8 Å². The second-order valence-corrected chi connectivity index (χ2v) is 6.05. The standard InChI is InChI=1S/C9H16BrN5OS/c1-6(3-4-17(2)16)13-8-7(10)5-12-9(14-8)15-11/h5-6H,3-4,11H2,1-2H3,(H2,12,13,14,15). The van der Waals surface area contributed by atoms with Gasteiger partial charge in [0.1, 0.15) is 5.82 Å². The summed E-state index contributed by atoms with van der Waals surface area (Å²) in [5, 5.41) is 3.21. The highest BCUT2D eigenvalue weighted by molar-refractivity contribution is 9.10. The molecule has 96 valence electrons. The zero-order chi connectivity index (χ0) is 12.8. The molecule has 2 unspecified atom stereocenters. The maximum absolute atomic E-state index is 11.0. The van der Waals surface area contributed by atoms with E-state index in [9.17, 15) is 4.21 Å². The lowest BCUT2D eigenvalue weighted by Gasteiger charge is -2.15. The molecule has 6 nitrogen and oxygen atoms in total. The Bertz CT molecular complexity index is 403. The van der Waals surface area contributed by atoms with Gasteiger partial charge < -0.3 is 5.32 Å². The maximum atomic E-state index is 11.0. The highest BCUT2D eigenvalue weighted by atomic mass is 79.9. The Hall–Kier alpha value is -0.730. The molecule has 1 rings (SSSR count). The van der Waals surface area contributed by atoms with Crippen molar-refractivity contribution in [2.45, 2.75) is 19.4 Å². The van der Waals surface area contributed by atoms with E-state index in [-0.39, 0.29) is 6.04 Å². The molecule has 0 fully saturated rings. The molecule has 0 spiro atoms. The molecule has 0 aliphatic carbocycles. The van der Waals surface area contributed by atoms with Crippen molar-refractivity contribution in [1.82, 2.24) is 9.97 Å². The van der Waals surface area contributed by atoms with Crippen LogP contribution in [0.2, 0.25) is 0 Å². The molecular weight excluding hydrogens is 306 g/mol. The van der Waals surface area contributed by atoms with Gasteiger partial charge in [0.25, 0.3) is 0 Å². The Morgan fingerprint density at radius 2 is 2.35 bits per heavy atom. The van der Waals surface area contributed by atoms with Gasteiger partial charge in [0.2, 0.25) is 5.95 Å². The number of hydrazine groups is 1.